The molecule has 4 heteroatoms. The Labute approximate surface area is 254 Å². The zero-order valence-corrected chi connectivity index (χ0v) is 27.0. The Morgan fingerprint density at radius 1 is 0.585 bits per heavy atom. The predicted octanol–water partition coefficient (Wildman–Crippen LogP) is 10.1. The number of carbonyl (C=O) groups is 1. The van der Waals surface area contributed by atoms with Crippen molar-refractivity contribution in [2.24, 2.45) is 0 Å². The second-order valence-electron chi connectivity index (χ2n) is 11.6. The molecule has 0 aliphatic heterocycles. The van der Waals surface area contributed by atoms with Crippen LogP contribution in [0.2, 0.25) is 0 Å². The topological polar surface area (TPSA) is 69.6 Å². The highest BCUT2D eigenvalue weighted by Crippen LogP contribution is 2.12. The van der Waals surface area contributed by atoms with E-state index in [1.54, 1.807) is 6.08 Å². The largest absolute Gasteiger partial charge is 0.394 e. The van der Waals surface area contributed by atoms with Crippen LogP contribution in [0.15, 0.2) is 48.6 Å². The number of rotatable bonds is 30. The number of allylic oxidation sites excluding steroid dienone is 7. The molecular formula is C37H67NO3. The predicted molar refractivity (Wildman–Crippen MR) is 179 cm³/mol. The van der Waals surface area contributed by atoms with Gasteiger partial charge in [0, 0.05) is 6.42 Å². The van der Waals surface area contributed by atoms with Crippen LogP contribution in [0.3, 0.4) is 0 Å². The molecule has 0 aliphatic carbocycles. The summed E-state index contributed by atoms with van der Waals surface area (Å²) in [6, 6.07) is -0.623. The van der Waals surface area contributed by atoms with Crippen molar-refractivity contribution in [3.63, 3.8) is 0 Å². The smallest absolute Gasteiger partial charge is 0.220 e. The van der Waals surface area contributed by atoms with Crippen LogP contribution in [-0.4, -0.2) is 34.9 Å². The molecule has 2 atom stereocenters. The van der Waals surface area contributed by atoms with Crippen molar-refractivity contribution < 1.29 is 15.0 Å². The lowest BCUT2D eigenvalue weighted by atomic mass is 10.1. The number of amides is 1. The molecule has 4 nitrogen and oxygen atoms in total. The second kappa shape index (κ2) is 32.9. The third-order valence-corrected chi connectivity index (χ3v) is 7.56. The molecular weight excluding hydrogens is 506 g/mol. The highest BCUT2D eigenvalue weighted by Gasteiger charge is 2.17. The first-order valence-corrected chi connectivity index (χ1v) is 17.4. The summed E-state index contributed by atoms with van der Waals surface area (Å²) >= 11 is 0. The standard InChI is InChI=1S/C37H67NO3/c1-3-5-7-9-11-12-13-14-15-16-17-18-19-20-21-22-23-24-25-26-27-29-31-33-37(41)38-35(34-39)36(40)32-30-28-10-8-6-4-2/h13-14,16-17,19-20,30,32,35-36,39-40H,3-12,15,18,21-29,31,33-34H2,1-2H3,(H,38,41)/b14-13-,17-16-,20-19-,32-30+. The van der Waals surface area contributed by atoms with Gasteiger partial charge in [0.25, 0.3) is 0 Å². The minimum Gasteiger partial charge on any atom is -0.394 e. The van der Waals surface area contributed by atoms with Crippen LogP contribution in [0, 0.1) is 0 Å². The van der Waals surface area contributed by atoms with Crippen molar-refractivity contribution in [1.29, 1.82) is 0 Å². The highest BCUT2D eigenvalue weighted by atomic mass is 16.3. The molecule has 3 N–H and O–H groups in total. The first-order valence-electron chi connectivity index (χ1n) is 17.4. The van der Waals surface area contributed by atoms with E-state index in [0.29, 0.717) is 6.42 Å². The van der Waals surface area contributed by atoms with Gasteiger partial charge in [-0.05, 0) is 57.8 Å². The Morgan fingerprint density at radius 3 is 1.51 bits per heavy atom. The molecule has 0 bridgehead atoms. The van der Waals surface area contributed by atoms with Crippen LogP contribution in [0.1, 0.15) is 162 Å². The Kier molecular flexibility index (Phi) is 31.5. The average molecular weight is 574 g/mol. The molecule has 0 rings (SSSR count). The molecule has 238 valence electrons. The van der Waals surface area contributed by atoms with Crippen molar-refractivity contribution in [1.82, 2.24) is 5.32 Å². The maximum atomic E-state index is 12.2. The molecule has 0 heterocycles. The first kappa shape index (κ1) is 39.4. The summed E-state index contributed by atoms with van der Waals surface area (Å²) in [6.45, 7) is 4.20. The zero-order chi connectivity index (χ0) is 30.1. The fourth-order valence-electron chi connectivity index (χ4n) is 4.83. The lowest BCUT2D eigenvalue weighted by Gasteiger charge is -2.20. The fraction of sp³-hybridized carbons (Fsp3) is 0.757. The van der Waals surface area contributed by atoms with Gasteiger partial charge >= 0.3 is 0 Å². The van der Waals surface area contributed by atoms with E-state index >= 15 is 0 Å². The number of hydrogen-bond acceptors (Lipinski definition) is 3. The van der Waals surface area contributed by atoms with E-state index < -0.39 is 12.1 Å². The number of unbranched alkanes of at least 4 members (excludes halogenated alkanes) is 17. The maximum absolute atomic E-state index is 12.2. The lowest BCUT2D eigenvalue weighted by molar-refractivity contribution is -0.123. The molecule has 0 aromatic carbocycles. The quantitative estimate of drug-likeness (QED) is 0.0591. The minimum atomic E-state index is -0.838. The number of nitrogens with one attached hydrogen (secondary N) is 1. The van der Waals surface area contributed by atoms with Crippen LogP contribution < -0.4 is 5.32 Å². The molecule has 0 aromatic heterocycles. The molecule has 0 radical (unpaired) electrons. The number of carbonyl (C=O) groups excluding carboxylic acids is 1. The van der Waals surface area contributed by atoms with Gasteiger partial charge in [0.2, 0.25) is 5.91 Å². The van der Waals surface area contributed by atoms with Crippen molar-refractivity contribution in [2.75, 3.05) is 6.61 Å². The molecule has 0 spiro atoms. The summed E-state index contributed by atoms with van der Waals surface area (Å²) in [4.78, 5) is 12.2. The Hall–Kier alpha value is -1.65. The summed E-state index contributed by atoms with van der Waals surface area (Å²) in [6.07, 6.45) is 43.5. The van der Waals surface area contributed by atoms with Crippen molar-refractivity contribution in [2.45, 2.75) is 174 Å². The first-order chi connectivity index (χ1) is 20.2. The van der Waals surface area contributed by atoms with Crippen LogP contribution in [0.25, 0.3) is 0 Å². The molecule has 0 aliphatic rings. The van der Waals surface area contributed by atoms with Crippen molar-refractivity contribution in [3.8, 4) is 0 Å². The SMILES string of the molecule is CCCCCC/C=C/C(O)C(CO)NC(=O)CCCCCCCCCC/C=C\C/C=C\C/C=C\CCCCCCC. The van der Waals surface area contributed by atoms with E-state index in [9.17, 15) is 15.0 Å². The Balaban J connectivity index is 3.58. The molecule has 0 fully saturated rings. The van der Waals surface area contributed by atoms with Gasteiger partial charge in [-0.15, -0.1) is 0 Å². The monoisotopic (exact) mass is 574 g/mol. The van der Waals surface area contributed by atoms with Crippen LogP contribution in [0.4, 0.5) is 0 Å². The van der Waals surface area contributed by atoms with Crippen LogP contribution in [-0.2, 0) is 4.79 Å². The van der Waals surface area contributed by atoms with E-state index in [1.807, 2.05) is 6.08 Å². The van der Waals surface area contributed by atoms with Gasteiger partial charge in [-0.2, -0.15) is 0 Å². The van der Waals surface area contributed by atoms with E-state index in [4.69, 9.17) is 0 Å². The second-order valence-corrected chi connectivity index (χ2v) is 11.6. The third kappa shape index (κ3) is 29.6. The van der Waals surface area contributed by atoms with E-state index in [1.165, 1.54) is 103 Å². The third-order valence-electron chi connectivity index (χ3n) is 7.56. The van der Waals surface area contributed by atoms with Gasteiger partial charge in [0.15, 0.2) is 0 Å². The summed E-state index contributed by atoms with van der Waals surface area (Å²) in [5, 5.41) is 22.6. The number of aliphatic hydroxyl groups is 2. The van der Waals surface area contributed by atoms with Gasteiger partial charge in [-0.25, -0.2) is 0 Å². The zero-order valence-electron chi connectivity index (χ0n) is 27.0. The van der Waals surface area contributed by atoms with Crippen LogP contribution in [0.5, 0.6) is 0 Å². The normalized spacial score (nSPS) is 13.8. The van der Waals surface area contributed by atoms with Crippen LogP contribution >= 0.6 is 0 Å². The summed E-state index contributed by atoms with van der Waals surface area (Å²) in [5.41, 5.74) is 0. The van der Waals surface area contributed by atoms with Gasteiger partial charge in [0.1, 0.15) is 0 Å². The fourth-order valence-corrected chi connectivity index (χ4v) is 4.83. The van der Waals surface area contributed by atoms with Gasteiger partial charge < -0.3 is 15.5 Å². The molecule has 0 saturated heterocycles. The Morgan fingerprint density at radius 2 is 1.00 bits per heavy atom. The average Bonchev–Trinajstić information content (AvgIpc) is 2.97. The summed E-state index contributed by atoms with van der Waals surface area (Å²) < 4.78 is 0. The van der Waals surface area contributed by atoms with Gasteiger partial charge in [-0.1, -0.05) is 146 Å². The Bertz CT molecular complexity index is 667. The van der Waals surface area contributed by atoms with E-state index in [-0.39, 0.29) is 12.5 Å². The molecule has 2 unspecified atom stereocenters. The molecule has 0 aromatic rings. The molecule has 1 amide bonds. The van der Waals surface area contributed by atoms with Crippen molar-refractivity contribution >= 4 is 5.91 Å². The highest BCUT2D eigenvalue weighted by molar-refractivity contribution is 5.76. The van der Waals surface area contributed by atoms with Gasteiger partial charge in [-0.3, -0.25) is 4.79 Å². The minimum absolute atomic E-state index is 0.0803. The summed E-state index contributed by atoms with van der Waals surface area (Å²) in [7, 11) is 0. The van der Waals surface area contributed by atoms with Gasteiger partial charge in [0.05, 0.1) is 18.8 Å². The maximum Gasteiger partial charge on any atom is 0.220 e. The lowest BCUT2D eigenvalue weighted by Crippen LogP contribution is -2.45. The molecule has 41 heavy (non-hydrogen) atoms. The van der Waals surface area contributed by atoms with E-state index in [0.717, 1.165) is 38.5 Å². The summed E-state index contributed by atoms with van der Waals surface area (Å²) in [5.74, 6) is -0.0803. The number of hydrogen-bond donors (Lipinski definition) is 3. The van der Waals surface area contributed by atoms with Crippen molar-refractivity contribution in [3.05, 3.63) is 48.6 Å². The molecule has 0 saturated carbocycles. The van der Waals surface area contributed by atoms with E-state index in [2.05, 4.69) is 55.6 Å². The number of aliphatic hydroxyl groups excluding tert-OH is 2.